The lowest BCUT2D eigenvalue weighted by atomic mass is 10.0. The van der Waals surface area contributed by atoms with Crippen molar-refractivity contribution < 1.29 is 9.18 Å². The number of hydrogen-bond donors (Lipinski definition) is 2. The Balaban J connectivity index is 1.46. The minimum atomic E-state index is -0.411. The molecule has 0 aliphatic carbocycles. The molecule has 8 nitrogen and oxygen atoms in total. The number of para-hydroxylation sites is 1. The smallest absolute Gasteiger partial charge is 0.247 e. The van der Waals surface area contributed by atoms with Crippen molar-refractivity contribution in [1.82, 2.24) is 19.9 Å². The van der Waals surface area contributed by atoms with Crippen LogP contribution in [0.3, 0.4) is 0 Å². The average molecular weight is 512 g/mol. The molecule has 0 unspecified atom stereocenters. The number of pyridine rings is 1. The number of aromatic nitrogens is 3. The molecular weight excluding hydrogens is 481 g/mol. The van der Waals surface area contributed by atoms with Gasteiger partial charge < -0.3 is 20.4 Å². The van der Waals surface area contributed by atoms with Crippen molar-refractivity contribution >= 4 is 39.8 Å². The first-order chi connectivity index (χ1) is 18.4. The number of benzene rings is 2. The minimum absolute atomic E-state index is 0.282. The summed E-state index contributed by atoms with van der Waals surface area (Å²) in [6.45, 7) is 5.67. The van der Waals surface area contributed by atoms with Crippen molar-refractivity contribution in [1.29, 1.82) is 0 Å². The van der Waals surface area contributed by atoms with Gasteiger partial charge in [-0.25, -0.2) is 14.4 Å². The summed E-state index contributed by atoms with van der Waals surface area (Å²) in [7, 11) is 4.20. The largest absolute Gasteiger partial charge is 0.370 e. The molecule has 1 aliphatic heterocycles. The topological polar surface area (TPSA) is 86.3 Å². The van der Waals surface area contributed by atoms with E-state index in [1.165, 1.54) is 18.3 Å². The van der Waals surface area contributed by atoms with Crippen LogP contribution in [0.15, 0.2) is 73.7 Å². The molecule has 4 aromatic rings. The van der Waals surface area contributed by atoms with Crippen molar-refractivity contribution in [3.63, 3.8) is 0 Å². The van der Waals surface area contributed by atoms with Crippen LogP contribution in [0.4, 0.5) is 27.4 Å². The molecular formula is C29H30FN7O. The molecule has 38 heavy (non-hydrogen) atoms. The van der Waals surface area contributed by atoms with Crippen LogP contribution in [0.2, 0.25) is 0 Å². The fourth-order valence-electron chi connectivity index (χ4n) is 4.82. The molecule has 0 radical (unpaired) electrons. The number of anilines is 4. The lowest BCUT2D eigenvalue weighted by Crippen LogP contribution is -2.42. The van der Waals surface area contributed by atoms with Gasteiger partial charge in [0.1, 0.15) is 5.82 Å². The first kappa shape index (κ1) is 25.3. The van der Waals surface area contributed by atoms with E-state index in [1.54, 1.807) is 12.4 Å². The summed E-state index contributed by atoms with van der Waals surface area (Å²) in [5.74, 6) is -0.312. The Kier molecular flexibility index (Phi) is 7.28. The molecule has 0 atom stereocenters. The number of amides is 1. The van der Waals surface area contributed by atoms with E-state index < -0.39 is 5.82 Å². The van der Waals surface area contributed by atoms with Crippen LogP contribution in [0, 0.1) is 5.82 Å². The number of carbonyl (C=O) groups excluding carboxylic acids is 1. The third-order valence-corrected chi connectivity index (χ3v) is 6.94. The van der Waals surface area contributed by atoms with E-state index in [4.69, 9.17) is 4.98 Å². The van der Waals surface area contributed by atoms with Gasteiger partial charge in [-0.1, -0.05) is 24.8 Å². The zero-order valence-electron chi connectivity index (χ0n) is 21.5. The molecule has 0 bridgehead atoms. The van der Waals surface area contributed by atoms with Gasteiger partial charge in [0.25, 0.3) is 0 Å². The zero-order valence-corrected chi connectivity index (χ0v) is 21.5. The summed E-state index contributed by atoms with van der Waals surface area (Å²) in [5, 5.41) is 7.03. The first-order valence-corrected chi connectivity index (χ1v) is 12.5. The van der Waals surface area contributed by atoms with Crippen molar-refractivity contribution in [3.8, 4) is 11.1 Å². The van der Waals surface area contributed by atoms with Crippen LogP contribution in [0.1, 0.15) is 12.8 Å². The molecule has 1 saturated heterocycles. The van der Waals surface area contributed by atoms with E-state index >= 15 is 0 Å². The van der Waals surface area contributed by atoms with E-state index in [0.29, 0.717) is 34.4 Å². The van der Waals surface area contributed by atoms with Gasteiger partial charge in [-0.3, -0.25) is 9.78 Å². The third-order valence-electron chi connectivity index (χ3n) is 6.94. The first-order valence-electron chi connectivity index (χ1n) is 12.5. The van der Waals surface area contributed by atoms with Gasteiger partial charge in [0, 0.05) is 47.7 Å². The van der Waals surface area contributed by atoms with Crippen molar-refractivity contribution in [2.24, 2.45) is 0 Å². The summed E-state index contributed by atoms with van der Waals surface area (Å²) in [5.41, 5.74) is 4.39. The second-order valence-electron chi connectivity index (χ2n) is 9.52. The molecule has 2 aromatic carbocycles. The molecule has 1 fully saturated rings. The maximum absolute atomic E-state index is 13.8. The molecule has 9 heteroatoms. The molecule has 0 spiro atoms. The van der Waals surface area contributed by atoms with Crippen LogP contribution < -0.4 is 15.5 Å². The Morgan fingerprint density at radius 1 is 1.16 bits per heavy atom. The SMILES string of the molecule is C=CC(=O)Nc1cc(Nc2ncc3cccc(-c4cncc(F)c4)c3n2)ccc1N(C)C1CCN(C)CC1. The van der Waals surface area contributed by atoms with Crippen molar-refractivity contribution in [3.05, 3.63) is 79.5 Å². The maximum Gasteiger partial charge on any atom is 0.247 e. The summed E-state index contributed by atoms with van der Waals surface area (Å²) >= 11 is 0. The highest BCUT2D eigenvalue weighted by Crippen LogP contribution is 2.33. The molecule has 1 aliphatic rings. The van der Waals surface area contributed by atoms with Gasteiger partial charge in [-0.2, -0.15) is 0 Å². The Morgan fingerprint density at radius 3 is 2.74 bits per heavy atom. The Morgan fingerprint density at radius 2 is 1.97 bits per heavy atom. The van der Waals surface area contributed by atoms with Gasteiger partial charge in [0.2, 0.25) is 11.9 Å². The van der Waals surface area contributed by atoms with E-state index in [-0.39, 0.29) is 5.91 Å². The van der Waals surface area contributed by atoms with E-state index in [0.717, 1.165) is 42.6 Å². The van der Waals surface area contributed by atoms with Crippen LogP contribution in [-0.2, 0) is 4.79 Å². The number of fused-ring (bicyclic) bond motifs is 1. The molecule has 194 valence electrons. The summed E-state index contributed by atoms with van der Waals surface area (Å²) in [4.78, 5) is 30.0. The molecule has 1 amide bonds. The molecule has 0 saturated carbocycles. The number of piperidine rings is 1. The fraction of sp³-hybridized carbons (Fsp3) is 0.241. The number of carbonyl (C=O) groups is 1. The zero-order chi connectivity index (χ0) is 26.6. The van der Waals surface area contributed by atoms with Gasteiger partial charge in [0.05, 0.1) is 23.1 Å². The monoisotopic (exact) mass is 511 g/mol. The molecule has 3 heterocycles. The lowest BCUT2D eigenvalue weighted by Gasteiger charge is -2.37. The normalized spacial score (nSPS) is 14.3. The number of nitrogens with zero attached hydrogens (tertiary/aromatic N) is 5. The highest BCUT2D eigenvalue weighted by atomic mass is 19.1. The Bertz CT molecular complexity index is 1480. The van der Waals surface area contributed by atoms with Gasteiger partial charge in [0.15, 0.2) is 0 Å². The second-order valence-corrected chi connectivity index (χ2v) is 9.52. The quantitative estimate of drug-likeness (QED) is 0.329. The molecule has 2 N–H and O–H groups in total. The van der Waals surface area contributed by atoms with E-state index in [9.17, 15) is 9.18 Å². The number of halogens is 1. The Hall–Kier alpha value is -4.37. The van der Waals surface area contributed by atoms with Gasteiger partial charge in [-0.15, -0.1) is 0 Å². The summed E-state index contributed by atoms with van der Waals surface area (Å²) in [6, 6.07) is 13.3. The van der Waals surface area contributed by atoms with Gasteiger partial charge in [-0.05, 0) is 63.3 Å². The fourth-order valence-corrected chi connectivity index (χ4v) is 4.82. The maximum atomic E-state index is 13.8. The van der Waals surface area contributed by atoms with Crippen LogP contribution in [0.25, 0.3) is 22.0 Å². The third kappa shape index (κ3) is 5.47. The van der Waals surface area contributed by atoms with Crippen molar-refractivity contribution in [2.45, 2.75) is 18.9 Å². The van der Waals surface area contributed by atoms with E-state index in [2.05, 4.69) is 51.1 Å². The number of rotatable bonds is 7. The summed E-state index contributed by atoms with van der Waals surface area (Å²) < 4.78 is 13.8. The molecule has 5 rings (SSSR count). The minimum Gasteiger partial charge on any atom is -0.370 e. The molecule has 2 aromatic heterocycles. The number of likely N-dealkylation sites (tertiary alicyclic amines) is 1. The standard InChI is InChI=1S/C29H30FN7O/c1-4-27(38)34-25-15-22(8-9-26(25)37(3)23-10-12-36(2)13-11-23)33-29-32-17-19-6-5-7-24(28(19)35-29)20-14-21(30)18-31-16-20/h4-9,14-18,23H,1,10-13H2,2-3H3,(H,34,38)(H,32,33,35). The van der Waals surface area contributed by atoms with E-state index in [1.807, 2.05) is 36.4 Å². The lowest BCUT2D eigenvalue weighted by molar-refractivity contribution is -0.111. The average Bonchev–Trinajstić information content (AvgIpc) is 2.93. The van der Waals surface area contributed by atoms with Crippen molar-refractivity contribution in [2.75, 3.05) is 42.7 Å². The van der Waals surface area contributed by atoms with Crippen LogP contribution in [0.5, 0.6) is 0 Å². The van der Waals surface area contributed by atoms with Gasteiger partial charge >= 0.3 is 0 Å². The number of nitrogens with one attached hydrogen (secondary N) is 2. The highest BCUT2D eigenvalue weighted by Gasteiger charge is 2.23. The summed E-state index contributed by atoms with van der Waals surface area (Å²) in [6.07, 6.45) is 7.87. The predicted octanol–water partition coefficient (Wildman–Crippen LogP) is 5.23. The Labute approximate surface area is 221 Å². The second kappa shape index (κ2) is 10.9. The highest BCUT2D eigenvalue weighted by molar-refractivity contribution is 6.02. The predicted molar refractivity (Wildman–Crippen MR) is 150 cm³/mol. The van der Waals surface area contributed by atoms with Crippen LogP contribution in [-0.4, -0.2) is 59.0 Å². The van der Waals surface area contributed by atoms with Crippen LogP contribution >= 0.6 is 0 Å². The number of hydrogen-bond acceptors (Lipinski definition) is 7.